The molecule has 0 unspecified atom stereocenters. The Balaban J connectivity index is 1.78. The van der Waals surface area contributed by atoms with E-state index in [1.165, 1.54) is 11.1 Å². The average molecular weight is 390 g/mol. The molecule has 1 aromatic rings. The third-order valence-electron chi connectivity index (χ3n) is 5.81. The van der Waals surface area contributed by atoms with Crippen molar-refractivity contribution in [2.45, 2.75) is 66.0 Å². The van der Waals surface area contributed by atoms with Crippen LogP contribution in [0.2, 0.25) is 0 Å². The number of benzene rings is 1. The number of hydrogen-bond acceptors (Lipinski definition) is 2. The highest BCUT2D eigenvalue weighted by molar-refractivity contribution is 5.96. The summed E-state index contributed by atoms with van der Waals surface area (Å²) in [6.45, 7) is 14.5. The van der Waals surface area contributed by atoms with E-state index in [9.17, 15) is 9.59 Å². The zero-order valence-corrected chi connectivity index (χ0v) is 18.1. The van der Waals surface area contributed by atoms with Gasteiger partial charge >= 0.3 is 6.03 Å². The van der Waals surface area contributed by atoms with Gasteiger partial charge in [-0.1, -0.05) is 6.07 Å². The molecule has 3 N–H and O–H groups in total. The molecule has 1 aliphatic rings. The summed E-state index contributed by atoms with van der Waals surface area (Å²) < 4.78 is 0. The third-order valence-corrected chi connectivity index (χ3v) is 5.81. The monoisotopic (exact) mass is 389 g/mol. The molecule has 1 heterocycles. The predicted molar refractivity (Wildman–Crippen MR) is 114 cm³/mol. The molecule has 1 fully saturated rings. The van der Waals surface area contributed by atoms with Gasteiger partial charge < -0.3 is 20.4 Å². The SMILES string of the molecule is CC[NH+](CC)CCC[C@@H](C)NC(=O)N[C@@H]1CC(=O)N(c2ccc(C)c(C)c2)C1. The van der Waals surface area contributed by atoms with Gasteiger partial charge in [0.1, 0.15) is 0 Å². The maximum absolute atomic E-state index is 12.4. The van der Waals surface area contributed by atoms with E-state index in [0.29, 0.717) is 13.0 Å². The first-order chi connectivity index (χ1) is 13.3. The summed E-state index contributed by atoms with van der Waals surface area (Å²) in [5, 5.41) is 5.98. The quantitative estimate of drug-likeness (QED) is 0.603. The van der Waals surface area contributed by atoms with Gasteiger partial charge in [-0.15, -0.1) is 0 Å². The minimum atomic E-state index is -0.178. The number of amides is 3. The fraction of sp³-hybridized carbons (Fsp3) is 0.636. The molecule has 3 amide bonds. The van der Waals surface area contributed by atoms with Crippen molar-refractivity contribution >= 4 is 17.6 Å². The predicted octanol–water partition coefficient (Wildman–Crippen LogP) is 1.80. The summed E-state index contributed by atoms with van der Waals surface area (Å²) in [7, 11) is 0. The molecule has 2 atom stereocenters. The smallest absolute Gasteiger partial charge is 0.315 e. The van der Waals surface area contributed by atoms with Crippen LogP contribution in [0.1, 0.15) is 51.2 Å². The van der Waals surface area contributed by atoms with Gasteiger partial charge in [-0.3, -0.25) is 4.79 Å². The summed E-state index contributed by atoms with van der Waals surface area (Å²) in [4.78, 5) is 28.1. The number of carbonyl (C=O) groups is 2. The maximum atomic E-state index is 12.4. The zero-order valence-electron chi connectivity index (χ0n) is 18.1. The van der Waals surface area contributed by atoms with E-state index >= 15 is 0 Å². The second-order valence-electron chi connectivity index (χ2n) is 8.04. The molecule has 0 radical (unpaired) electrons. The van der Waals surface area contributed by atoms with Crippen LogP contribution in [0.4, 0.5) is 10.5 Å². The number of hydrogen-bond donors (Lipinski definition) is 3. The molecule has 156 valence electrons. The number of urea groups is 1. The van der Waals surface area contributed by atoms with Gasteiger partial charge in [0.2, 0.25) is 5.91 Å². The Labute approximate surface area is 169 Å². The van der Waals surface area contributed by atoms with Crippen molar-refractivity contribution in [1.82, 2.24) is 10.6 Å². The number of quaternary nitrogens is 1. The molecule has 1 saturated heterocycles. The highest BCUT2D eigenvalue weighted by Gasteiger charge is 2.31. The molecular formula is C22H37N4O2+. The highest BCUT2D eigenvalue weighted by atomic mass is 16.2. The summed E-state index contributed by atoms with van der Waals surface area (Å²) in [6, 6.07) is 5.84. The fourth-order valence-electron chi connectivity index (χ4n) is 3.73. The van der Waals surface area contributed by atoms with Crippen LogP contribution in [-0.2, 0) is 4.79 Å². The van der Waals surface area contributed by atoms with Crippen LogP contribution in [0.25, 0.3) is 0 Å². The number of nitrogens with zero attached hydrogens (tertiary/aromatic N) is 1. The van der Waals surface area contributed by atoms with Gasteiger partial charge in [0.15, 0.2) is 0 Å². The van der Waals surface area contributed by atoms with Gasteiger partial charge in [0, 0.05) is 24.7 Å². The van der Waals surface area contributed by atoms with Crippen molar-refractivity contribution in [3.63, 3.8) is 0 Å². The van der Waals surface area contributed by atoms with Crippen LogP contribution in [0, 0.1) is 13.8 Å². The number of nitrogens with one attached hydrogen (secondary N) is 3. The summed E-state index contributed by atoms with van der Waals surface area (Å²) in [6.07, 6.45) is 2.41. The molecular weight excluding hydrogens is 352 g/mol. The van der Waals surface area contributed by atoms with Crippen LogP contribution < -0.4 is 20.4 Å². The Bertz CT molecular complexity index is 673. The molecule has 0 aliphatic carbocycles. The molecule has 1 aliphatic heterocycles. The minimum Gasteiger partial charge on any atom is -0.336 e. The third kappa shape index (κ3) is 6.23. The van der Waals surface area contributed by atoms with E-state index in [0.717, 1.165) is 38.2 Å². The topological polar surface area (TPSA) is 65.9 Å². The standard InChI is InChI=1S/C22H36N4O2/c1-6-25(7-2)12-8-9-18(5)23-22(28)24-19-14-21(27)26(15-19)20-11-10-16(3)17(4)13-20/h10-11,13,18-19H,6-9,12,14-15H2,1-5H3,(H2,23,24,28)/p+1/t18-,19-/m1/s1. The van der Waals surface area contributed by atoms with E-state index in [-0.39, 0.29) is 24.0 Å². The van der Waals surface area contributed by atoms with Gasteiger partial charge in [0.05, 0.1) is 25.7 Å². The van der Waals surface area contributed by atoms with Crippen molar-refractivity contribution in [3.8, 4) is 0 Å². The van der Waals surface area contributed by atoms with E-state index < -0.39 is 0 Å². The summed E-state index contributed by atoms with van der Waals surface area (Å²) >= 11 is 0. The van der Waals surface area contributed by atoms with E-state index in [4.69, 9.17) is 0 Å². The van der Waals surface area contributed by atoms with Gasteiger partial charge in [-0.2, -0.15) is 0 Å². The van der Waals surface area contributed by atoms with Crippen molar-refractivity contribution in [2.24, 2.45) is 0 Å². The molecule has 0 saturated carbocycles. The number of anilines is 1. The Morgan fingerprint density at radius 2 is 1.96 bits per heavy atom. The van der Waals surface area contributed by atoms with E-state index in [2.05, 4.69) is 31.4 Å². The van der Waals surface area contributed by atoms with Crippen molar-refractivity contribution in [1.29, 1.82) is 0 Å². The van der Waals surface area contributed by atoms with Crippen LogP contribution in [0.15, 0.2) is 18.2 Å². The van der Waals surface area contributed by atoms with Crippen LogP contribution in [-0.4, -0.2) is 50.2 Å². The average Bonchev–Trinajstić information content (AvgIpc) is 3.01. The molecule has 2 rings (SSSR count). The van der Waals surface area contributed by atoms with Crippen molar-refractivity contribution in [2.75, 3.05) is 31.1 Å². The Morgan fingerprint density at radius 3 is 2.61 bits per heavy atom. The highest BCUT2D eigenvalue weighted by Crippen LogP contribution is 2.24. The van der Waals surface area contributed by atoms with Crippen molar-refractivity contribution < 1.29 is 14.5 Å². The fourth-order valence-corrected chi connectivity index (χ4v) is 3.73. The molecule has 6 nitrogen and oxygen atoms in total. The van der Waals surface area contributed by atoms with Crippen LogP contribution in [0.5, 0.6) is 0 Å². The minimum absolute atomic E-state index is 0.0591. The maximum Gasteiger partial charge on any atom is 0.315 e. The first kappa shape index (κ1) is 22.2. The zero-order chi connectivity index (χ0) is 20.7. The second-order valence-corrected chi connectivity index (χ2v) is 8.04. The van der Waals surface area contributed by atoms with Gasteiger partial charge in [-0.05, 0) is 70.7 Å². The number of aryl methyl sites for hydroxylation is 2. The molecule has 6 heteroatoms. The van der Waals surface area contributed by atoms with E-state index in [1.54, 1.807) is 9.80 Å². The van der Waals surface area contributed by atoms with E-state index in [1.807, 2.05) is 32.0 Å². The first-order valence-electron chi connectivity index (χ1n) is 10.6. The molecule has 0 aromatic heterocycles. The Hall–Kier alpha value is -2.08. The van der Waals surface area contributed by atoms with Crippen LogP contribution in [0.3, 0.4) is 0 Å². The number of rotatable bonds is 9. The largest absolute Gasteiger partial charge is 0.336 e. The lowest BCUT2D eigenvalue weighted by molar-refractivity contribution is -0.896. The second kappa shape index (κ2) is 10.5. The normalized spacial score (nSPS) is 17.9. The molecule has 28 heavy (non-hydrogen) atoms. The first-order valence-corrected chi connectivity index (χ1v) is 10.6. The molecule has 0 bridgehead atoms. The van der Waals surface area contributed by atoms with Gasteiger partial charge in [0.25, 0.3) is 0 Å². The molecule has 1 aromatic carbocycles. The van der Waals surface area contributed by atoms with Crippen LogP contribution >= 0.6 is 0 Å². The Kier molecular flexibility index (Phi) is 8.30. The Morgan fingerprint density at radius 1 is 1.25 bits per heavy atom. The number of carbonyl (C=O) groups excluding carboxylic acids is 2. The van der Waals surface area contributed by atoms with Crippen molar-refractivity contribution in [3.05, 3.63) is 29.3 Å². The molecule has 0 spiro atoms. The lowest BCUT2D eigenvalue weighted by atomic mass is 10.1. The summed E-state index contributed by atoms with van der Waals surface area (Å²) in [5.74, 6) is 0.0591. The lowest BCUT2D eigenvalue weighted by Crippen LogP contribution is -3.11. The van der Waals surface area contributed by atoms with Gasteiger partial charge in [-0.25, -0.2) is 4.79 Å². The summed E-state index contributed by atoms with van der Waals surface area (Å²) in [5.41, 5.74) is 3.28. The lowest BCUT2D eigenvalue weighted by Gasteiger charge is -2.20.